The fraction of sp³-hybridized carbons (Fsp3) is 0.429. The van der Waals surface area contributed by atoms with Crippen LogP contribution in [-0.4, -0.2) is 19.2 Å². The second-order valence-electron chi connectivity index (χ2n) is 4.22. The Hall–Kier alpha value is -1.28. The van der Waals surface area contributed by atoms with Crippen molar-refractivity contribution in [3.05, 3.63) is 42.5 Å². The molecule has 1 atom stereocenters. The van der Waals surface area contributed by atoms with E-state index in [4.69, 9.17) is 0 Å². The van der Waals surface area contributed by atoms with E-state index in [1.165, 1.54) is 0 Å². The number of aliphatic hydroxyl groups is 1. The highest BCUT2D eigenvalue weighted by Gasteiger charge is 2.07. The minimum Gasteiger partial charge on any atom is -0.388 e. The van der Waals surface area contributed by atoms with Crippen molar-refractivity contribution in [1.29, 1.82) is 0 Å². The molecule has 2 nitrogen and oxygen atoms in total. The highest BCUT2D eigenvalue weighted by molar-refractivity contribution is 5.47. The SMILES string of the molecule is C=CCCCC(O)c1cccc(N(C)C)c1. The van der Waals surface area contributed by atoms with Crippen molar-refractivity contribution >= 4 is 5.69 Å². The summed E-state index contributed by atoms with van der Waals surface area (Å²) in [4.78, 5) is 2.04. The second kappa shape index (κ2) is 6.33. The first-order chi connectivity index (χ1) is 7.65. The third-order valence-electron chi connectivity index (χ3n) is 2.66. The van der Waals surface area contributed by atoms with Crippen LogP contribution in [0.4, 0.5) is 5.69 Å². The van der Waals surface area contributed by atoms with Gasteiger partial charge in [-0.05, 0) is 37.0 Å². The zero-order chi connectivity index (χ0) is 12.0. The Balaban J connectivity index is 2.64. The average molecular weight is 219 g/mol. The van der Waals surface area contributed by atoms with Gasteiger partial charge in [0.2, 0.25) is 0 Å². The van der Waals surface area contributed by atoms with E-state index in [-0.39, 0.29) is 6.10 Å². The summed E-state index contributed by atoms with van der Waals surface area (Å²) in [6, 6.07) is 8.05. The number of allylic oxidation sites excluding steroid dienone is 1. The monoisotopic (exact) mass is 219 g/mol. The molecule has 2 heteroatoms. The van der Waals surface area contributed by atoms with Crippen LogP contribution in [0.2, 0.25) is 0 Å². The molecule has 0 aliphatic rings. The Morgan fingerprint density at radius 3 is 2.81 bits per heavy atom. The quantitative estimate of drug-likeness (QED) is 0.587. The van der Waals surface area contributed by atoms with Crippen LogP contribution in [0.15, 0.2) is 36.9 Å². The number of anilines is 1. The lowest BCUT2D eigenvalue weighted by atomic mass is 10.0. The van der Waals surface area contributed by atoms with E-state index in [1.807, 2.05) is 49.3 Å². The fourth-order valence-corrected chi connectivity index (χ4v) is 1.63. The molecule has 16 heavy (non-hydrogen) atoms. The molecule has 88 valence electrons. The van der Waals surface area contributed by atoms with Crippen LogP contribution in [0.25, 0.3) is 0 Å². The van der Waals surface area contributed by atoms with Gasteiger partial charge in [0.05, 0.1) is 6.10 Å². The van der Waals surface area contributed by atoms with E-state index >= 15 is 0 Å². The number of nitrogens with zero attached hydrogens (tertiary/aromatic N) is 1. The van der Waals surface area contributed by atoms with Gasteiger partial charge >= 0.3 is 0 Å². The van der Waals surface area contributed by atoms with Gasteiger partial charge in [-0.1, -0.05) is 18.2 Å². The molecule has 0 saturated carbocycles. The van der Waals surface area contributed by atoms with Crippen LogP contribution in [0.1, 0.15) is 30.9 Å². The van der Waals surface area contributed by atoms with Gasteiger partial charge < -0.3 is 10.0 Å². The summed E-state index contributed by atoms with van der Waals surface area (Å²) in [6.07, 6.45) is 4.27. The molecule has 1 aromatic rings. The van der Waals surface area contributed by atoms with E-state index in [0.717, 1.165) is 30.5 Å². The highest BCUT2D eigenvalue weighted by Crippen LogP contribution is 2.23. The van der Waals surface area contributed by atoms with Gasteiger partial charge in [-0.3, -0.25) is 0 Å². The summed E-state index contributed by atoms with van der Waals surface area (Å²) in [7, 11) is 4.01. The molecule has 0 spiro atoms. The van der Waals surface area contributed by atoms with E-state index in [1.54, 1.807) is 0 Å². The van der Waals surface area contributed by atoms with E-state index in [0.29, 0.717) is 0 Å². The van der Waals surface area contributed by atoms with Crippen LogP contribution in [-0.2, 0) is 0 Å². The molecule has 0 aliphatic carbocycles. The van der Waals surface area contributed by atoms with Crippen LogP contribution in [0, 0.1) is 0 Å². The predicted molar refractivity (Wildman–Crippen MR) is 69.8 cm³/mol. The van der Waals surface area contributed by atoms with Crippen LogP contribution in [0.5, 0.6) is 0 Å². The normalized spacial score (nSPS) is 12.2. The number of aliphatic hydroxyl groups excluding tert-OH is 1. The summed E-state index contributed by atoms with van der Waals surface area (Å²) in [5.74, 6) is 0. The lowest BCUT2D eigenvalue weighted by molar-refractivity contribution is 0.165. The van der Waals surface area contributed by atoms with Gasteiger partial charge in [-0.25, -0.2) is 0 Å². The van der Waals surface area contributed by atoms with Crippen molar-refractivity contribution in [2.75, 3.05) is 19.0 Å². The molecular weight excluding hydrogens is 198 g/mol. The van der Waals surface area contributed by atoms with E-state index in [2.05, 4.69) is 6.58 Å². The molecule has 0 fully saturated rings. The third-order valence-corrected chi connectivity index (χ3v) is 2.66. The summed E-state index contributed by atoms with van der Waals surface area (Å²) in [5, 5.41) is 10.0. The zero-order valence-electron chi connectivity index (χ0n) is 10.2. The number of hydrogen-bond donors (Lipinski definition) is 1. The average Bonchev–Trinajstić information content (AvgIpc) is 2.29. The maximum Gasteiger partial charge on any atom is 0.0790 e. The summed E-state index contributed by atoms with van der Waals surface area (Å²) in [6.45, 7) is 3.68. The Morgan fingerprint density at radius 2 is 2.19 bits per heavy atom. The van der Waals surface area contributed by atoms with Crippen molar-refractivity contribution in [3.63, 3.8) is 0 Å². The molecule has 1 unspecified atom stereocenters. The van der Waals surface area contributed by atoms with Gasteiger partial charge in [0.15, 0.2) is 0 Å². The van der Waals surface area contributed by atoms with Crippen molar-refractivity contribution in [3.8, 4) is 0 Å². The summed E-state index contributed by atoms with van der Waals surface area (Å²) in [5.41, 5.74) is 2.12. The number of unbranched alkanes of at least 4 members (excludes halogenated alkanes) is 1. The molecule has 0 aromatic heterocycles. The van der Waals surface area contributed by atoms with Crippen molar-refractivity contribution < 1.29 is 5.11 Å². The second-order valence-corrected chi connectivity index (χ2v) is 4.22. The van der Waals surface area contributed by atoms with Crippen LogP contribution in [0.3, 0.4) is 0 Å². The molecule has 1 aromatic carbocycles. The first kappa shape index (κ1) is 12.8. The van der Waals surface area contributed by atoms with Gasteiger partial charge in [0.1, 0.15) is 0 Å². The van der Waals surface area contributed by atoms with Crippen molar-refractivity contribution in [2.45, 2.75) is 25.4 Å². The Bertz CT molecular complexity index is 333. The molecule has 0 aliphatic heterocycles. The highest BCUT2D eigenvalue weighted by atomic mass is 16.3. The molecule has 0 heterocycles. The Labute approximate surface area is 98.2 Å². The minimum absolute atomic E-state index is 0.361. The van der Waals surface area contributed by atoms with Crippen molar-refractivity contribution in [2.24, 2.45) is 0 Å². The Morgan fingerprint density at radius 1 is 1.44 bits per heavy atom. The zero-order valence-corrected chi connectivity index (χ0v) is 10.2. The topological polar surface area (TPSA) is 23.5 Å². The first-order valence-electron chi connectivity index (χ1n) is 5.71. The third kappa shape index (κ3) is 3.70. The number of rotatable bonds is 6. The molecule has 1 N–H and O–H groups in total. The maximum absolute atomic E-state index is 10.0. The van der Waals surface area contributed by atoms with E-state index in [9.17, 15) is 5.11 Å². The van der Waals surface area contributed by atoms with Crippen LogP contribution >= 0.6 is 0 Å². The van der Waals surface area contributed by atoms with Gasteiger partial charge in [0.25, 0.3) is 0 Å². The van der Waals surface area contributed by atoms with Crippen LogP contribution < -0.4 is 4.90 Å². The lowest BCUT2D eigenvalue weighted by Crippen LogP contribution is -2.09. The Kier molecular flexibility index (Phi) is 5.06. The fourth-order valence-electron chi connectivity index (χ4n) is 1.63. The number of hydrogen-bond acceptors (Lipinski definition) is 2. The molecule has 1 rings (SSSR count). The summed E-state index contributed by atoms with van der Waals surface area (Å²) >= 11 is 0. The van der Waals surface area contributed by atoms with Gasteiger partial charge in [0, 0.05) is 19.8 Å². The standard InChI is InChI=1S/C14H21NO/c1-4-5-6-10-14(16)12-8-7-9-13(11-12)15(2)3/h4,7-9,11,14,16H,1,5-6,10H2,2-3H3. The number of benzene rings is 1. The van der Waals surface area contributed by atoms with E-state index < -0.39 is 0 Å². The van der Waals surface area contributed by atoms with Gasteiger partial charge in [-0.2, -0.15) is 0 Å². The molecule has 0 radical (unpaired) electrons. The maximum atomic E-state index is 10.0. The predicted octanol–water partition coefficient (Wildman–Crippen LogP) is 3.14. The molecule has 0 saturated heterocycles. The largest absolute Gasteiger partial charge is 0.388 e. The smallest absolute Gasteiger partial charge is 0.0790 e. The summed E-state index contributed by atoms with van der Waals surface area (Å²) < 4.78 is 0. The molecule has 0 amide bonds. The first-order valence-corrected chi connectivity index (χ1v) is 5.71. The lowest BCUT2D eigenvalue weighted by Gasteiger charge is -2.16. The van der Waals surface area contributed by atoms with Gasteiger partial charge in [-0.15, -0.1) is 6.58 Å². The molecular formula is C14H21NO. The van der Waals surface area contributed by atoms with Crippen molar-refractivity contribution in [1.82, 2.24) is 0 Å². The molecule has 0 bridgehead atoms. The minimum atomic E-state index is -0.361.